The third-order valence-electron chi connectivity index (χ3n) is 7.16. The standard InChI is InChI=1S/C33H32FN/c1-25(27-9-4-2-5-10-27)35(33-14-8-13-31(23-33)28-11-6-3-7-12-28)24-26-15-17-29(18-16-26)30-19-21-32(34)22-20-30/h3,6-8,11-23,27H,1-2,4-5,9-10,24H2. The van der Waals surface area contributed by atoms with Gasteiger partial charge in [-0.3, -0.25) is 0 Å². The predicted octanol–water partition coefficient (Wildman–Crippen LogP) is 9.26. The van der Waals surface area contributed by atoms with Crippen LogP contribution in [0.1, 0.15) is 37.7 Å². The van der Waals surface area contributed by atoms with E-state index in [4.69, 9.17) is 0 Å². The van der Waals surface area contributed by atoms with Crippen LogP contribution >= 0.6 is 0 Å². The lowest BCUT2D eigenvalue weighted by molar-refractivity contribution is 0.396. The quantitative estimate of drug-likeness (QED) is 0.265. The van der Waals surface area contributed by atoms with E-state index < -0.39 is 0 Å². The second-order valence-electron chi connectivity index (χ2n) is 9.53. The third kappa shape index (κ3) is 5.54. The molecule has 4 aromatic rings. The average molecular weight is 462 g/mol. The number of rotatable bonds is 7. The van der Waals surface area contributed by atoms with Gasteiger partial charge in [0.2, 0.25) is 0 Å². The third-order valence-corrected chi connectivity index (χ3v) is 7.16. The smallest absolute Gasteiger partial charge is 0.123 e. The maximum absolute atomic E-state index is 13.3. The Kier molecular flexibility index (Phi) is 7.09. The van der Waals surface area contributed by atoms with E-state index in [0.717, 1.165) is 17.7 Å². The monoisotopic (exact) mass is 461 g/mol. The van der Waals surface area contributed by atoms with Crippen LogP contribution in [0.5, 0.6) is 0 Å². The fourth-order valence-electron chi connectivity index (χ4n) is 5.13. The minimum atomic E-state index is -0.208. The number of nitrogens with zero attached hydrogens (tertiary/aromatic N) is 1. The second kappa shape index (κ2) is 10.7. The first-order valence-electron chi connectivity index (χ1n) is 12.6. The van der Waals surface area contributed by atoms with Gasteiger partial charge in [0.15, 0.2) is 0 Å². The number of benzene rings is 4. The van der Waals surface area contributed by atoms with E-state index in [1.54, 1.807) is 0 Å². The summed E-state index contributed by atoms with van der Waals surface area (Å²) in [6.07, 6.45) is 6.34. The van der Waals surface area contributed by atoms with Crippen LogP contribution in [0.4, 0.5) is 10.1 Å². The van der Waals surface area contributed by atoms with Gasteiger partial charge in [0.25, 0.3) is 0 Å². The summed E-state index contributed by atoms with van der Waals surface area (Å²) in [5.41, 5.74) is 8.20. The van der Waals surface area contributed by atoms with Crippen LogP contribution in [0, 0.1) is 11.7 Å². The Labute approximate surface area is 208 Å². The van der Waals surface area contributed by atoms with E-state index in [0.29, 0.717) is 5.92 Å². The molecule has 4 aromatic carbocycles. The van der Waals surface area contributed by atoms with Gasteiger partial charge in [-0.1, -0.05) is 105 Å². The molecule has 1 fully saturated rings. The fourth-order valence-corrected chi connectivity index (χ4v) is 5.13. The molecule has 0 N–H and O–H groups in total. The highest BCUT2D eigenvalue weighted by molar-refractivity contribution is 5.70. The van der Waals surface area contributed by atoms with Gasteiger partial charge < -0.3 is 4.90 Å². The number of halogens is 1. The molecule has 0 aliphatic heterocycles. The van der Waals surface area contributed by atoms with Gasteiger partial charge in [0.05, 0.1) is 0 Å². The van der Waals surface area contributed by atoms with Crippen molar-refractivity contribution in [1.29, 1.82) is 0 Å². The predicted molar refractivity (Wildman–Crippen MR) is 146 cm³/mol. The highest BCUT2D eigenvalue weighted by Crippen LogP contribution is 2.35. The molecular weight excluding hydrogens is 429 g/mol. The zero-order chi connectivity index (χ0) is 24.0. The highest BCUT2D eigenvalue weighted by atomic mass is 19.1. The molecule has 0 aromatic heterocycles. The molecule has 0 bridgehead atoms. The second-order valence-corrected chi connectivity index (χ2v) is 9.53. The Bertz CT molecular complexity index is 1250. The van der Waals surface area contributed by atoms with Crippen molar-refractivity contribution in [3.63, 3.8) is 0 Å². The largest absolute Gasteiger partial charge is 0.341 e. The van der Waals surface area contributed by atoms with Gasteiger partial charge in [-0.05, 0) is 70.8 Å². The highest BCUT2D eigenvalue weighted by Gasteiger charge is 2.22. The molecule has 1 nitrogen and oxygen atoms in total. The van der Waals surface area contributed by atoms with Crippen LogP contribution in [-0.2, 0) is 6.54 Å². The summed E-state index contributed by atoms with van der Waals surface area (Å²) in [7, 11) is 0. The summed E-state index contributed by atoms with van der Waals surface area (Å²) < 4.78 is 13.3. The van der Waals surface area contributed by atoms with Crippen molar-refractivity contribution in [2.75, 3.05) is 4.90 Å². The molecule has 0 saturated heterocycles. The molecule has 35 heavy (non-hydrogen) atoms. The van der Waals surface area contributed by atoms with Crippen molar-refractivity contribution < 1.29 is 4.39 Å². The van der Waals surface area contributed by atoms with Crippen molar-refractivity contribution in [3.8, 4) is 22.3 Å². The Morgan fingerprint density at radius 1 is 0.686 bits per heavy atom. The minimum absolute atomic E-state index is 0.208. The lowest BCUT2D eigenvalue weighted by atomic mass is 9.86. The van der Waals surface area contributed by atoms with Crippen LogP contribution in [0.25, 0.3) is 22.3 Å². The zero-order valence-electron chi connectivity index (χ0n) is 20.2. The molecule has 1 saturated carbocycles. The summed E-state index contributed by atoms with van der Waals surface area (Å²) in [4.78, 5) is 2.41. The Morgan fingerprint density at radius 3 is 1.97 bits per heavy atom. The molecule has 0 heterocycles. The van der Waals surface area contributed by atoms with E-state index in [9.17, 15) is 4.39 Å². The first kappa shape index (κ1) is 23.1. The van der Waals surface area contributed by atoms with E-state index >= 15 is 0 Å². The SMILES string of the molecule is C=C(C1CCCCC1)N(Cc1ccc(-c2ccc(F)cc2)cc1)c1cccc(-c2ccccc2)c1. The Balaban J connectivity index is 1.44. The van der Waals surface area contributed by atoms with Gasteiger partial charge in [0.1, 0.15) is 5.82 Å². The molecule has 1 aliphatic rings. The summed E-state index contributed by atoms with van der Waals surface area (Å²) in [5, 5.41) is 0. The Morgan fingerprint density at radius 2 is 1.29 bits per heavy atom. The molecule has 0 atom stereocenters. The number of hydrogen-bond donors (Lipinski definition) is 0. The minimum Gasteiger partial charge on any atom is -0.341 e. The van der Waals surface area contributed by atoms with Gasteiger partial charge >= 0.3 is 0 Å². The first-order valence-corrected chi connectivity index (χ1v) is 12.6. The first-order chi connectivity index (χ1) is 17.2. The summed E-state index contributed by atoms with van der Waals surface area (Å²) in [6, 6.07) is 34.7. The summed E-state index contributed by atoms with van der Waals surface area (Å²) in [6.45, 7) is 5.39. The van der Waals surface area contributed by atoms with E-state index in [1.807, 2.05) is 12.1 Å². The van der Waals surface area contributed by atoms with Gasteiger partial charge in [-0.25, -0.2) is 4.39 Å². The van der Waals surface area contributed by atoms with E-state index in [2.05, 4.69) is 90.3 Å². The molecule has 0 unspecified atom stereocenters. The summed E-state index contributed by atoms with van der Waals surface area (Å²) >= 11 is 0. The lowest BCUT2D eigenvalue weighted by Gasteiger charge is -2.34. The molecule has 5 rings (SSSR count). The van der Waals surface area contributed by atoms with Crippen LogP contribution in [-0.4, -0.2) is 0 Å². The van der Waals surface area contributed by atoms with E-state index in [1.165, 1.54) is 72.3 Å². The van der Waals surface area contributed by atoms with Gasteiger partial charge in [0, 0.05) is 17.9 Å². The topological polar surface area (TPSA) is 3.24 Å². The maximum Gasteiger partial charge on any atom is 0.123 e. The van der Waals surface area contributed by atoms with Crippen LogP contribution in [0.15, 0.2) is 115 Å². The lowest BCUT2D eigenvalue weighted by Crippen LogP contribution is -2.27. The number of allylic oxidation sites excluding steroid dienone is 1. The molecular formula is C33H32FN. The Hall–Kier alpha value is -3.65. The molecule has 176 valence electrons. The molecule has 2 heteroatoms. The molecule has 1 aliphatic carbocycles. The fraction of sp³-hybridized carbons (Fsp3) is 0.212. The molecule has 0 spiro atoms. The zero-order valence-corrected chi connectivity index (χ0v) is 20.2. The molecule has 0 radical (unpaired) electrons. The summed E-state index contributed by atoms with van der Waals surface area (Å²) in [5.74, 6) is 0.322. The van der Waals surface area contributed by atoms with Crippen molar-refractivity contribution in [1.82, 2.24) is 0 Å². The van der Waals surface area contributed by atoms with Gasteiger partial charge in [-0.2, -0.15) is 0 Å². The van der Waals surface area contributed by atoms with Crippen molar-refractivity contribution in [2.45, 2.75) is 38.6 Å². The van der Waals surface area contributed by atoms with Gasteiger partial charge in [-0.15, -0.1) is 0 Å². The maximum atomic E-state index is 13.3. The molecule has 0 amide bonds. The van der Waals surface area contributed by atoms with Crippen molar-refractivity contribution in [3.05, 3.63) is 127 Å². The van der Waals surface area contributed by atoms with E-state index in [-0.39, 0.29) is 5.82 Å². The normalized spacial score (nSPS) is 14.0. The number of anilines is 1. The van der Waals surface area contributed by atoms with Crippen LogP contribution in [0.2, 0.25) is 0 Å². The van der Waals surface area contributed by atoms with Crippen molar-refractivity contribution >= 4 is 5.69 Å². The van der Waals surface area contributed by atoms with Crippen LogP contribution < -0.4 is 4.90 Å². The average Bonchev–Trinajstić information content (AvgIpc) is 2.93. The van der Waals surface area contributed by atoms with Crippen LogP contribution in [0.3, 0.4) is 0 Å². The van der Waals surface area contributed by atoms with Crippen molar-refractivity contribution in [2.24, 2.45) is 5.92 Å². The number of hydrogen-bond acceptors (Lipinski definition) is 1.